The molecule has 4 nitrogen and oxygen atoms in total. The molecule has 0 unspecified atom stereocenters. The third-order valence-corrected chi connectivity index (χ3v) is 2.56. The first-order valence-electron chi connectivity index (χ1n) is 5.89. The number of hydrogen-bond acceptors (Lipinski definition) is 2. The van der Waals surface area contributed by atoms with Gasteiger partial charge in [-0.2, -0.15) is 5.26 Å². The van der Waals surface area contributed by atoms with Gasteiger partial charge in [-0.05, 0) is 29.8 Å². The Morgan fingerprint density at radius 3 is 2.35 bits per heavy atom. The molecule has 0 aromatic heterocycles. The third kappa shape index (κ3) is 4.90. The van der Waals surface area contributed by atoms with Crippen molar-refractivity contribution in [1.82, 2.24) is 0 Å². The highest BCUT2D eigenvalue weighted by Gasteiger charge is 1.95. The molecule has 2 aromatic carbocycles. The molecule has 2 rings (SSSR count). The van der Waals surface area contributed by atoms with E-state index in [4.69, 9.17) is 11.0 Å². The Bertz CT molecular complexity index is 600. The molecule has 3 N–H and O–H groups in total. The van der Waals surface area contributed by atoms with Gasteiger partial charge in [-0.15, -0.1) is 24.0 Å². The summed E-state index contributed by atoms with van der Waals surface area (Å²) in [6.45, 7) is 0.484. The van der Waals surface area contributed by atoms with E-state index in [9.17, 15) is 0 Å². The van der Waals surface area contributed by atoms with E-state index in [0.29, 0.717) is 18.1 Å². The minimum absolute atomic E-state index is 0. The second-order valence-electron chi connectivity index (χ2n) is 4.00. The molecule has 0 bridgehead atoms. The van der Waals surface area contributed by atoms with E-state index < -0.39 is 0 Å². The number of hydrogen-bond donors (Lipinski definition) is 2. The summed E-state index contributed by atoms with van der Waals surface area (Å²) in [5.41, 5.74) is 8.35. The highest BCUT2D eigenvalue weighted by atomic mass is 127. The van der Waals surface area contributed by atoms with Gasteiger partial charge in [0.15, 0.2) is 5.96 Å². The summed E-state index contributed by atoms with van der Waals surface area (Å²) in [5.74, 6) is 0.371. The van der Waals surface area contributed by atoms with Crippen LogP contribution in [0.2, 0.25) is 0 Å². The average Bonchev–Trinajstić information content (AvgIpc) is 2.47. The number of rotatable bonds is 3. The normalized spacial score (nSPS) is 10.2. The number of benzene rings is 2. The maximum absolute atomic E-state index is 8.70. The van der Waals surface area contributed by atoms with Gasteiger partial charge < -0.3 is 11.1 Å². The number of guanidine groups is 1. The zero-order valence-corrected chi connectivity index (χ0v) is 13.1. The molecule has 0 radical (unpaired) electrons. The second kappa shape index (κ2) is 8.17. The maximum Gasteiger partial charge on any atom is 0.193 e. The van der Waals surface area contributed by atoms with E-state index in [2.05, 4.69) is 16.4 Å². The standard InChI is InChI=1S/C15H14N4.HI/c16-10-12-6-8-13(9-7-12)11-18-15(17)19-14-4-2-1-3-5-14;/h1-9H,11H2,(H3,17,18,19);1H. The Balaban J connectivity index is 0.00000200. The predicted molar refractivity (Wildman–Crippen MR) is 92.0 cm³/mol. The molecule has 0 heterocycles. The maximum atomic E-state index is 8.70. The van der Waals surface area contributed by atoms with E-state index >= 15 is 0 Å². The number of nitrogens with two attached hydrogens (primary N) is 1. The molecular weight excluding hydrogens is 363 g/mol. The van der Waals surface area contributed by atoms with Gasteiger partial charge in [0.25, 0.3) is 0 Å². The first-order chi connectivity index (χ1) is 9.28. The van der Waals surface area contributed by atoms with Gasteiger partial charge in [-0.3, -0.25) is 0 Å². The Kier molecular flexibility index (Phi) is 6.53. The molecule has 5 heteroatoms. The number of nitrogens with zero attached hydrogens (tertiary/aromatic N) is 2. The first-order valence-corrected chi connectivity index (χ1v) is 5.89. The van der Waals surface area contributed by atoms with Crippen LogP contribution in [0.4, 0.5) is 5.69 Å². The summed E-state index contributed by atoms with van der Waals surface area (Å²) in [6.07, 6.45) is 0. The van der Waals surface area contributed by atoms with Gasteiger partial charge in [-0.25, -0.2) is 4.99 Å². The van der Waals surface area contributed by atoms with Crippen molar-refractivity contribution in [3.63, 3.8) is 0 Å². The molecule has 20 heavy (non-hydrogen) atoms. The van der Waals surface area contributed by atoms with Crippen molar-refractivity contribution in [3.05, 3.63) is 65.7 Å². The summed E-state index contributed by atoms with van der Waals surface area (Å²) in [5, 5.41) is 11.7. The summed E-state index contributed by atoms with van der Waals surface area (Å²) in [7, 11) is 0. The lowest BCUT2D eigenvalue weighted by molar-refractivity contribution is 1.06. The second-order valence-corrected chi connectivity index (χ2v) is 4.00. The Morgan fingerprint density at radius 2 is 1.75 bits per heavy atom. The summed E-state index contributed by atoms with van der Waals surface area (Å²) in [4.78, 5) is 4.25. The number of anilines is 1. The molecule has 0 aliphatic carbocycles. The number of aliphatic imine (C=N–C) groups is 1. The topological polar surface area (TPSA) is 74.2 Å². The van der Waals surface area contributed by atoms with E-state index in [1.165, 1.54) is 0 Å². The quantitative estimate of drug-likeness (QED) is 0.490. The summed E-state index contributed by atoms with van der Waals surface area (Å²) >= 11 is 0. The van der Waals surface area contributed by atoms with E-state index in [0.717, 1.165) is 11.3 Å². The molecule has 2 aromatic rings. The lowest BCUT2D eigenvalue weighted by atomic mass is 10.1. The molecule has 0 aliphatic rings. The van der Waals surface area contributed by atoms with Gasteiger partial charge >= 0.3 is 0 Å². The fraction of sp³-hybridized carbons (Fsp3) is 0.0667. The lowest BCUT2D eigenvalue weighted by Crippen LogP contribution is -2.22. The minimum atomic E-state index is 0. The minimum Gasteiger partial charge on any atom is -0.370 e. The van der Waals surface area contributed by atoms with Crippen molar-refractivity contribution in [3.8, 4) is 6.07 Å². The number of halogens is 1. The number of nitriles is 1. The zero-order chi connectivity index (χ0) is 13.5. The monoisotopic (exact) mass is 378 g/mol. The highest BCUT2D eigenvalue weighted by molar-refractivity contribution is 14.0. The molecule has 0 amide bonds. The zero-order valence-electron chi connectivity index (χ0n) is 10.8. The first kappa shape index (κ1) is 16.0. The van der Waals surface area contributed by atoms with Gasteiger partial charge in [0.2, 0.25) is 0 Å². The van der Waals surface area contributed by atoms with Crippen LogP contribution < -0.4 is 11.1 Å². The SMILES string of the molecule is I.N#Cc1ccc(CN=C(N)Nc2ccccc2)cc1. The van der Waals surface area contributed by atoms with Crippen molar-refractivity contribution < 1.29 is 0 Å². The van der Waals surface area contributed by atoms with Crippen molar-refractivity contribution in [2.45, 2.75) is 6.54 Å². The van der Waals surface area contributed by atoms with E-state index in [-0.39, 0.29) is 24.0 Å². The summed E-state index contributed by atoms with van der Waals surface area (Å²) < 4.78 is 0. The van der Waals surface area contributed by atoms with Gasteiger partial charge in [0.1, 0.15) is 0 Å². The van der Waals surface area contributed by atoms with Gasteiger partial charge in [0.05, 0.1) is 18.2 Å². The van der Waals surface area contributed by atoms with Crippen LogP contribution in [0.3, 0.4) is 0 Å². The van der Waals surface area contributed by atoms with Gasteiger partial charge in [0, 0.05) is 5.69 Å². The van der Waals surface area contributed by atoms with Crippen LogP contribution in [0.25, 0.3) is 0 Å². The van der Waals surface area contributed by atoms with Crippen molar-refractivity contribution in [2.24, 2.45) is 10.7 Å². The summed E-state index contributed by atoms with van der Waals surface area (Å²) in [6, 6.07) is 19.0. The fourth-order valence-corrected chi connectivity index (χ4v) is 1.57. The van der Waals surface area contributed by atoms with Crippen LogP contribution in [0.15, 0.2) is 59.6 Å². The molecule has 102 valence electrons. The van der Waals surface area contributed by atoms with Crippen molar-refractivity contribution >= 4 is 35.6 Å². The van der Waals surface area contributed by atoms with E-state index in [1.54, 1.807) is 12.1 Å². The molecule has 0 atom stereocenters. The number of para-hydroxylation sites is 1. The molecular formula is C15H15IN4. The predicted octanol–water partition coefficient (Wildman–Crippen LogP) is 3.10. The van der Waals surface area contributed by atoms with Crippen LogP contribution in [-0.4, -0.2) is 5.96 Å². The van der Waals surface area contributed by atoms with Crippen molar-refractivity contribution in [2.75, 3.05) is 5.32 Å². The smallest absolute Gasteiger partial charge is 0.193 e. The average molecular weight is 378 g/mol. The lowest BCUT2D eigenvalue weighted by Gasteiger charge is -2.05. The van der Waals surface area contributed by atoms with Crippen LogP contribution in [0.1, 0.15) is 11.1 Å². The van der Waals surface area contributed by atoms with Crippen LogP contribution in [0, 0.1) is 11.3 Å². The Hall–Kier alpha value is -2.07. The molecule has 0 aliphatic heterocycles. The largest absolute Gasteiger partial charge is 0.370 e. The molecule has 0 fully saturated rings. The Labute approximate surface area is 135 Å². The number of nitrogens with one attached hydrogen (secondary N) is 1. The fourth-order valence-electron chi connectivity index (χ4n) is 1.57. The van der Waals surface area contributed by atoms with Crippen LogP contribution in [0.5, 0.6) is 0 Å². The van der Waals surface area contributed by atoms with Gasteiger partial charge in [-0.1, -0.05) is 30.3 Å². The van der Waals surface area contributed by atoms with E-state index in [1.807, 2.05) is 42.5 Å². The van der Waals surface area contributed by atoms with Crippen LogP contribution >= 0.6 is 24.0 Å². The third-order valence-electron chi connectivity index (χ3n) is 2.56. The van der Waals surface area contributed by atoms with Crippen molar-refractivity contribution in [1.29, 1.82) is 5.26 Å². The molecule has 0 saturated heterocycles. The van der Waals surface area contributed by atoms with Crippen LogP contribution in [-0.2, 0) is 6.54 Å². The highest BCUT2D eigenvalue weighted by Crippen LogP contribution is 2.06. The molecule has 0 saturated carbocycles. The molecule has 0 spiro atoms. The Morgan fingerprint density at radius 1 is 1.10 bits per heavy atom.